The molecule has 1 heterocycles. The zero-order valence-corrected chi connectivity index (χ0v) is 13.4. The van der Waals surface area contributed by atoms with Crippen molar-refractivity contribution in [2.45, 2.75) is 13.8 Å². The summed E-state index contributed by atoms with van der Waals surface area (Å²) in [6.45, 7) is 4.11. The van der Waals surface area contributed by atoms with E-state index in [1.807, 2.05) is 13.0 Å². The number of hydrogen-bond donors (Lipinski definition) is 0. The number of benzene rings is 2. The van der Waals surface area contributed by atoms with E-state index < -0.39 is 5.97 Å². The molecule has 24 heavy (non-hydrogen) atoms. The van der Waals surface area contributed by atoms with Crippen LogP contribution in [0.1, 0.15) is 23.1 Å². The SMILES string of the molecule is CCOc1ccccc1OC(=O)c1ccc(-c2nc(C)no2)cc1. The summed E-state index contributed by atoms with van der Waals surface area (Å²) in [7, 11) is 0. The molecule has 0 bridgehead atoms. The molecule has 1 aromatic heterocycles. The zero-order valence-electron chi connectivity index (χ0n) is 13.4. The standard InChI is InChI=1S/C18H16N2O4/c1-3-22-15-6-4-5-7-16(15)23-18(21)14-10-8-13(9-11-14)17-19-12(2)20-24-17/h4-11H,3H2,1-2H3. The molecule has 3 rings (SSSR count). The first-order chi connectivity index (χ1) is 11.7. The van der Waals surface area contributed by atoms with E-state index in [1.54, 1.807) is 49.4 Å². The minimum atomic E-state index is -0.463. The summed E-state index contributed by atoms with van der Waals surface area (Å²) in [6, 6.07) is 13.8. The molecule has 0 fully saturated rings. The third-order valence-electron chi connectivity index (χ3n) is 3.25. The normalized spacial score (nSPS) is 10.4. The van der Waals surface area contributed by atoms with Gasteiger partial charge in [-0.1, -0.05) is 17.3 Å². The van der Waals surface area contributed by atoms with Crippen LogP contribution in [0.5, 0.6) is 11.5 Å². The molecule has 0 unspecified atom stereocenters. The van der Waals surface area contributed by atoms with Crippen LogP contribution in [-0.2, 0) is 0 Å². The predicted molar refractivity (Wildman–Crippen MR) is 87.0 cm³/mol. The lowest BCUT2D eigenvalue weighted by Gasteiger charge is -2.10. The molecule has 0 amide bonds. The van der Waals surface area contributed by atoms with Crippen LogP contribution in [0.25, 0.3) is 11.5 Å². The topological polar surface area (TPSA) is 74.5 Å². The average Bonchev–Trinajstić information content (AvgIpc) is 3.03. The highest BCUT2D eigenvalue weighted by atomic mass is 16.6. The minimum absolute atomic E-state index is 0.390. The first-order valence-corrected chi connectivity index (χ1v) is 7.52. The number of aryl methyl sites for hydroxylation is 1. The van der Waals surface area contributed by atoms with Crippen molar-refractivity contribution < 1.29 is 18.8 Å². The van der Waals surface area contributed by atoms with Gasteiger partial charge in [0.25, 0.3) is 5.89 Å². The molecule has 0 atom stereocenters. The molecule has 122 valence electrons. The first-order valence-electron chi connectivity index (χ1n) is 7.52. The second-order valence-corrected chi connectivity index (χ2v) is 4.99. The highest BCUT2D eigenvalue weighted by molar-refractivity contribution is 5.91. The number of carbonyl (C=O) groups is 1. The monoisotopic (exact) mass is 324 g/mol. The van der Waals surface area contributed by atoms with E-state index in [2.05, 4.69) is 10.1 Å². The molecule has 6 heteroatoms. The third-order valence-corrected chi connectivity index (χ3v) is 3.25. The van der Waals surface area contributed by atoms with E-state index >= 15 is 0 Å². The van der Waals surface area contributed by atoms with E-state index in [1.165, 1.54) is 0 Å². The van der Waals surface area contributed by atoms with Crippen molar-refractivity contribution in [1.82, 2.24) is 10.1 Å². The number of para-hydroxylation sites is 2. The number of ether oxygens (including phenoxy) is 2. The Morgan fingerprint density at radius 3 is 2.42 bits per heavy atom. The second kappa shape index (κ2) is 6.95. The van der Waals surface area contributed by atoms with Crippen molar-refractivity contribution in [2.24, 2.45) is 0 Å². The van der Waals surface area contributed by atoms with Gasteiger partial charge >= 0.3 is 5.97 Å². The van der Waals surface area contributed by atoms with E-state index in [9.17, 15) is 4.79 Å². The number of esters is 1. The first kappa shape index (κ1) is 15.7. The van der Waals surface area contributed by atoms with Crippen LogP contribution < -0.4 is 9.47 Å². The molecular formula is C18H16N2O4. The Hall–Kier alpha value is -3.15. The molecule has 0 N–H and O–H groups in total. The highest BCUT2D eigenvalue weighted by Crippen LogP contribution is 2.27. The van der Waals surface area contributed by atoms with Crippen LogP contribution in [0.2, 0.25) is 0 Å². The van der Waals surface area contributed by atoms with Gasteiger partial charge in [-0.2, -0.15) is 4.98 Å². The van der Waals surface area contributed by atoms with Gasteiger partial charge < -0.3 is 14.0 Å². The predicted octanol–water partition coefficient (Wildman–Crippen LogP) is 3.66. The fourth-order valence-corrected chi connectivity index (χ4v) is 2.13. The molecule has 0 saturated carbocycles. The maximum Gasteiger partial charge on any atom is 0.343 e. The van der Waals surface area contributed by atoms with Gasteiger partial charge in [0.1, 0.15) is 0 Å². The van der Waals surface area contributed by atoms with Crippen LogP contribution in [0.3, 0.4) is 0 Å². The maximum absolute atomic E-state index is 12.3. The lowest BCUT2D eigenvalue weighted by Crippen LogP contribution is -2.09. The molecule has 0 radical (unpaired) electrons. The summed E-state index contributed by atoms with van der Waals surface area (Å²) >= 11 is 0. The number of rotatable bonds is 5. The fourth-order valence-electron chi connectivity index (χ4n) is 2.13. The summed E-state index contributed by atoms with van der Waals surface area (Å²) in [5.74, 6) is 1.43. The van der Waals surface area contributed by atoms with E-state index in [0.717, 1.165) is 5.56 Å². The summed E-state index contributed by atoms with van der Waals surface area (Å²) in [6.07, 6.45) is 0. The molecule has 3 aromatic rings. The maximum atomic E-state index is 12.3. The number of hydrogen-bond acceptors (Lipinski definition) is 6. The van der Waals surface area contributed by atoms with E-state index in [0.29, 0.717) is 35.4 Å². The largest absolute Gasteiger partial charge is 0.490 e. The number of carbonyl (C=O) groups excluding carboxylic acids is 1. The van der Waals surface area contributed by atoms with Crippen LogP contribution in [0, 0.1) is 6.92 Å². The Morgan fingerprint density at radius 2 is 1.79 bits per heavy atom. The van der Waals surface area contributed by atoms with Crippen molar-refractivity contribution in [2.75, 3.05) is 6.61 Å². The summed E-state index contributed by atoms with van der Waals surface area (Å²) < 4.78 is 16.0. The Kier molecular flexibility index (Phi) is 4.56. The van der Waals surface area contributed by atoms with Crippen LogP contribution >= 0.6 is 0 Å². The van der Waals surface area contributed by atoms with Gasteiger partial charge in [0.2, 0.25) is 0 Å². The van der Waals surface area contributed by atoms with Gasteiger partial charge in [-0.05, 0) is 50.2 Å². The zero-order chi connectivity index (χ0) is 16.9. The molecule has 0 spiro atoms. The smallest absolute Gasteiger partial charge is 0.343 e. The van der Waals surface area contributed by atoms with Crippen molar-refractivity contribution in [1.29, 1.82) is 0 Å². The van der Waals surface area contributed by atoms with Crippen molar-refractivity contribution >= 4 is 5.97 Å². The second-order valence-electron chi connectivity index (χ2n) is 4.99. The lowest BCUT2D eigenvalue weighted by atomic mass is 10.1. The highest BCUT2D eigenvalue weighted by Gasteiger charge is 2.13. The molecular weight excluding hydrogens is 308 g/mol. The van der Waals surface area contributed by atoms with Gasteiger partial charge in [-0.25, -0.2) is 4.79 Å². The van der Waals surface area contributed by atoms with Crippen molar-refractivity contribution in [3.05, 3.63) is 59.9 Å². The Bertz CT molecular complexity index is 840. The molecule has 2 aromatic carbocycles. The molecule has 0 aliphatic rings. The fraction of sp³-hybridized carbons (Fsp3) is 0.167. The van der Waals surface area contributed by atoms with Crippen LogP contribution in [-0.4, -0.2) is 22.7 Å². The number of nitrogens with zero attached hydrogens (tertiary/aromatic N) is 2. The van der Waals surface area contributed by atoms with Gasteiger partial charge in [0.15, 0.2) is 17.3 Å². The van der Waals surface area contributed by atoms with Gasteiger partial charge in [-0.3, -0.25) is 0 Å². The third kappa shape index (κ3) is 3.43. The minimum Gasteiger partial charge on any atom is -0.490 e. The summed E-state index contributed by atoms with van der Waals surface area (Å²) in [4.78, 5) is 16.4. The molecule has 6 nitrogen and oxygen atoms in total. The molecule has 0 aliphatic carbocycles. The molecule has 0 aliphatic heterocycles. The quantitative estimate of drug-likeness (QED) is 0.526. The Balaban J connectivity index is 1.76. The Labute approximate surface area is 139 Å². The van der Waals surface area contributed by atoms with Crippen LogP contribution in [0.15, 0.2) is 53.1 Å². The van der Waals surface area contributed by atoms with Gasteiger partial charge in [0, 0.05) is 5.56 Å². The Morgan fingerprint density at radius 1 is 1.08 bits per heavy atom. The van der Waals surface area contributed by atoms with Crippen molar-refractivity contribution in [3.8, 4) is 23.0 Å². The molecule has 0 saturated heterocycles. The number of aromatic nitrogens is 2. The van der Waals surface area contributed by atoms with Crippen LogP contribution in [0.4, 0.5) is 0 Å². The summed E-state index contributed by atoms with van der Waals surface area (Å²) in [5, 5.41) is 3.74. The van der Waals surface area contributed by atoms with Gasteiger partial charge in [0.05, 0.1) is 12.2 Å². The lowest BCUT2D eigenvalue weighted by molar-refractivity contribution is 0.0728. The van der Waals surface area contributed by atoms with Crippen molar-refractivity contribution in [3.63, 3.8) is 0 Å². The average molecular weight is 324 g/mol. The van der Waals surface area contributed by atoms with Gasteiger partial charge in [-0.15, -0.1) is 0 Å². The summed E-state index contributed by atoms with van der Waals surface area (Å²) in [5.41, 5.74) is 1.16. The van der Waals surface area contributed by atoms with E-state index in [-0.39, 0.29) is 0 Å². The van der Waals surface area contributed by atoms with E-state index in [4.69, 9.17) is 14.0 Å².